The van der Waals surface area contributed by atoms with Crippen molar-refractivity contribution >= 4 is 31.6 Å². The van der Waals surface area contributed by atoms with Crippen molar-refractivity contribution in [2.24, 2.45) is 0 Å². The van der Waals surface area contributed by atoms with Crippen molar-refractivity contribution in [1.29, 1.82) is 5.26 Å². The van der Waals surface area contributed by atoms with Gasteiger partial charge in [-0.1, -0.05) is 31.2 Å². The van der Waals surface area contributed by atoms with E-state index in [1.807, 2.05) is 0 Å². The molecule has 1 atom stereocenters. The first-order valence-corrected chi connectivity index (χ1v) is 15.6. The molecule has 0 spiro atoms. The van der Waals surface area contributed by atoms with E-state index >= 15 is 0 Å². The number of carbonyl (C=O) groups is 2. The smallest absolute Gasteiger partial charge is 0.372 e. The first kappa shape index (κ1) is 28.0. The Balaban J connectivity index is 1.63. The Kier molecular flexibility index (Phi) is 8.85. The summed E-state index contributed by atoms with van der Waals surface area (Å²) in [5, 5.41) is 25.6. The van der Waals surface area contributed by atoms with Gasteiger partial charge >= 0.3 is 5.97 Å². The van der Waals surface area contributed by atoms with Crippen molar-refractivity contribution < 1.29 is 23.8 Å². The van der Waals surface area contributed by atoms with Gasteiger partial charge in [0.05, 0.1) is 17.3 Å². The highest BCUT2D eigenvalue weighted by atomic mass is 35.5. The Morgan fingerprint density at radius 3 is 2.70 bits per heavy atom. The Morgan fingerprint density at radius 1 is 1.35 bits per heavy atom. The van der Waals surface area contributed by atoms with Gasteiger partial charge < -0.3 is 19.7 Å². The van der Waals surface area contributed by atoms with Gasteiger partial charge in [0.2, 0.25) is 5.82 Å². The van der Waals surface area contributed by atoms with Gasteiger partial charge in [0.15, 0.2) is 0 Å². The molecular weight excluding hydrogens is 519 g/mol. The molecule has 0 radical (unpaired) electrons. The molecule has 10 nitrogen and oxygen atoms in total. The lowest BCUT2D eigenvalue weighted by Gasteiger charge is -2.15. The van der Waals surface area contributed by atoms with Crippen molar-refractivity contribution in [3.05, 3.63) is 58.5 Å². The number of hydrogen-bond acceptors (Lipinski definition) is 6. The summed E-state index contributed by atoms with van der Waals surface area (Å²) >= 11 is 5.98. The van der Waals surface area contributed by atoms with E-state index in [0.717, 1.165) is 6.04 Å². The van der Waals surface area contributed by atoms with Crippen LogP contribution in [0, 0.1) is 17.1 Å². The molecule has 3 aromatic rings. The number of nitrogens with one attached hydrogen (secondary N) is 1. The summed E-state index contributed by atoms with van der Waals surface area (Å²) in [6.45, 7) is 9.17. The fraction of sp³-hybridized carbons (Fsp3) is 0.375. The Morgan fingerprint density at radius 2 is 2.08 bits per heavy atom. The fourth-order valence-electron chi connectivity index (χ4n) is 3.40. The second-order valence-electron chi connectivity index (χ2n) is 9.80. The number of benzene rings is 1. The number of amides is 1. The van der Waals surface area contributed by atoms with Crippen LogP contribution in [0.4, 0.5) is 4.39 Å². The van der Waals surface area contributed by atoms with Crippen LogP contribution in [0.5, 0.6) is 0 Å². The summed E-state index contributed by atoms with van der Waals surface area (Å²) in [5.41, 5.74) is 0.591. The SMILES string of the molecule is CC(Cn1ccc(-c2cc(F)c(C#N)c(Cl)c2)n1)NC(=O)c1cn(COCC[Si](C)(C)C)c(C(=O)O)n1. The van der Waals surface area contributed by atoms with Crippen molar-refractivity contribution in [3.63, 3.8) is 0 Å². The largest absolute Gasteiger partial charge is 0.475 e. The maximum Gasteiger partial charge on any atom is 0.372 e. The number of hydrogen-bond donors (Lipinski definition) is 2. The quantitative estimate of drug-likeness (QED) is 0.271. The van der Waals surface area contributed by atoms with Gasteiger partial charge in [-0.15, -0.1) is 0 Å². The van der Waals surface area contributed by atoms with Crippen molar-refractivity contribution in [3.8, 4) is 17.3 Å². The minimum Gasteiger partial charge on any atom is -0.475 e. The van der Waals surface area contributed by atoms with Crippen molar-refractivity contribution in [2.75, 3.05) is 6.61 Å². The molecular formula is C24H28ClFN6O4Si. The van der Waals surface area contributed by atoms with Crippen LogP contribution in [-0.2, 0) is 18.0 Å². The second-order valence-corrected chi connectivity index (χ2v) is 15.8. The fourth-order valence-corrected chi connectivity index (χ4v) is 4.41. The van der Waals surface area contributed by atoms with Crippen LogP contribution < -0.4 is 5.32 Å². The Hall–Kier alpha value is -3.53. The molecule has 2 N–H and O–H groups in total. The number of aromatic carboxylic acids is 1. The summed E-state index contributed by atoms with van der Waals surface area (Å²) < 4.78 is 22.6. The highest BCUT2D eigenvalue weighted by Crippen LogP contribution is 2.26. The minimum absolute atomic E-state index is 0.00528. The highest BCUT2D eigenvalue weighted by Gasteiger charge is 2.21. The van der Waals surface area contributed by atoms with Gasteiger partial charge in [0, 0.05) is 38.7 Å². The third-order valence-corrected chi connectivity index (χ3v) is 7.36. The lowest BCUT2D eigenvalue weighted by Crippen LogP contribution is -2.36. The van der Waals surface area contributed by atoms with E-state index in [0.29, 0.717) is 17.9 Å². The normalized spacial score (nSPS) is 12.2. The number of halogens is 2. The van der Waals surface area contributed by atoms with Crippen molar-refractivity contribution in [1.82, 2.24) is 24.6 Å². The molecule has 0 aliphatic rings. The molecule has 2 heterocycles. The zero-order chi connectivity index (χ0) is 27.3. The third-order valence-electron chi connectivity index (χ3n) is 5.36. The first-order chi connectivity index (χ1) is 17.4. The predicted octanol–water partition coefficient (Wildman–Crippen LogP) is 4.24. The average molecular weight is 547 g/mol. The van der Waals surface area contributed by atoms with E-state index in [1.165, 1.54) is 22.9 Å². The summed E-state index contributed by atoms with van der Waals surface area (Å²) in [6.07, 6.45) is 3.02. The minimum atomic E-state index is -1.29. The van der Waals surface area contributed by atoms with Crippen LogP contribution in [0.1, 0.15) is 33.6 Å². The number of carbonyl (C=O) groups excluding carboxylic acids is 1. The number of ether oxygens (including phenoxy) is 1. The molecule has 1 unspecified atom stereocenters. The molecule has 2 aromatic heterocycles. The number of rotatable bonds is 11. The number of nitrogens with zero attached hydrogens (tertiary/aromatic N) is 5. The molecule has 1 aromatic carbocycles. The first-order valence-electron chi connectivity index (χ1n) is 11.5. The van der Waals surface area contributed by atoms with Gasteiger partial charge in [-0.3, -0.25) is 9.48 Å². The molecule has 0 aliphatic carbocycles. The van der Waals surface area contributed by atoms with Crippen molar-refractivity contribution in [2.45, 2.75) is 51.9 Å². The Bertz CT molecular complexity index is 1320. The predicted molar refractivity (Wildman–Crippen MR) is 138 cm³/mol. The number of carboxylic acids is 1. The molecule has 0 saturated heterocycles. The molecule has 37 heavy (non-hydrogen) atoms. The topological polar surface area (TPSA) is 135 Å². The number of nitriles is 1. The maximum atomic E-state index is 14.1. The van der Waals surface area contributed by atoms with Gasteiger partial charge in [0.1, 0.15) is 29.9 Å². The Labute approximate surface area is 219 Å². The van der Waals surface area contributed by atoms with Crippen LogP contribution >= 0.6 is 11.6 Å². The van der Waals surface area contributed by atoms with Crippen LogP contribution in [0.3, 0.4) is 0 Å². The number of imidazole rings is 1. The molecule has 3 rings (SSSR count). The van der Waals surface area contributed by atoms with E-state index in [-0.39, 0.29) is 35.4 Å². The molecule has 1 amide bonds. The lowest BCUT2D eigenvalue weighted by molar-refractivity contribution is 0.0613. The summed E-state index contributed by atoms with van der Waals surface area (Å²) in [6, 6.07) is 6.56. The molecule has 196 valence electrons. The van der Waals surface area contributed by atoms with E-state index < -0.39 is 31.8 Å². The summed E-state index contributed by atoms with van der Waals surface area (Å²) in [5.74, 6) is -2.81. The second kappa shape index (κ2) is 11.7. The van der Waals surface area contributed by atoms with Gasteiger partial charge in [-0.25, -0.2) is 14.2 Å². The molecule has 0 fully saturated rings. The number of aromatic nitrogens is 4. The van der Waals surface area contributed by atoms with E-state index in [2.05, 4.69) is 35.0 Å². The zero-order valence-corrected chi connectivity index (χ0v) is 22.7. The summed E-state index contributed by atoms with van der Waals surface area (Å²) in [7, 11) is -1.29. The number of carboxylic acid groups (broad SMARTS) is 1. The lowest BCUT2D eigenvalue weighted by atomic mass is 10.1. The van der Waals surface area contributed by atoms with Crippen LogP contribution in [0.15, 0.2) is 30.6 Å². The summed E-state index contributed by atoms with van der Waals surface area (Å²) in [4.78, 5) is 28.3. The van der Waals surface area contributed by atoms with Crippen LogP contribution in [0.25, 0.3) is 11.3 Å². The molecule has 0 bridgehead atoms. The maximum absolute atomic E-state index is 14.1. The van der Waals surface area contributed by atoms with Crippen LogP contribution in [0.2, 0.25) is 30.7 Å². The van der Waals surface area contributed by atoms with E-state index in [9.17, 15) is 19.1 Å². The van der Waals surface area contributed by atoms with Gasteiger partial charge in [-0.2, -0.15) is 10.4 Å². The molecule has 13 heteroatoms. The van der Waals surface area contributed by atoms with E-state index in [4.69, 9.17) is 21.6 Å². The monoisotopic (exact) mass is 546 g/mol. The molecule has 0 saturated carbocycles. The van der Waals surface area contributed by atoms with Crippen LogP contribution in [-0.4, -0.2) is 57.0 Å². The van der Waals surface area contributed by atoms with Gasteiger partial charge in [-0.05, 0) is 31.2 Å². The third kappa shape index (κ3) is 7.48. The molecule has 0 aliphatic heterocycles. The standard InChI is InChI=1S/C24H28ClFN6O4Si/c1-15(12-32-6-5-20(30-32)16-9-18(25)17(11-27)19(26)10-16)28-23(33)21-13-31(22(29-21)24(34)35)14-36-7-8-37(2,3)4/h5-6,9-10,13,15H,7-8,12,14H2,1-4H3,(H,28,33)(H,34,35). The van der Waals surface area contributed by atoms with E-state index in [1.54, 1.807) is 29.9 Å². The zero-order valence-electron chi connectivity index (χ0n) is 21.0. The average Bonchev–Trinajstić information content (AvgIpc) is 3.43. The highest BCUT2D eigenvalue weighted by molar-refractivity contribution is 6.76. The van der Waals surface area contributed by atoms with Gasteiger partial charge in [0.25, 0.3) is 5.91 Å².